The average molecular weight is 267 g/mol. The summed E-state index contributed by atoms with van der Waals surface area (Å²) in [5.41, 5.74) is 9.03. The molecule has 0 aliphatic heterocycles. The molecule has 20 heavy (non-hydrogen) atoms. The Kier molecular flexibility index (Phi) is 3.35. The summed E-state index contributed by atoms with van der Waals surface area (Å²) in [5.74, 6) is 0.900. The maximum Gasteiger partial charge on any atom is 0.157 e. The number of nitrogens with two attached hydrogens (primary N) is 1. The molecule has 0 spiro atoms. The highest BCUT2D eigenvalue weighted by Gasteiger charge is 2.12. The molecule has 0 aliphatic carbocycles. The highest BCUT2D eigenvalue weighted by atomic mass is 15.3. The van der Waals surface area contributed by atoms with Crippen LogP contribution in [0, 0.1) is 6.92 Å². The van der Waals surface area contributed by atoms with Crippen LogP contribution < -0.4 is 11.1 Å². The first kappa shape index (κ1) is 12.6. The zero-order valence-electron chi connectivity index (χ0n) is 11.3. The number of pyridine rings is 1. The lowest BCUT2D eigenvalue weighted by atomic mass is 10.1. The van der Waals surface area contributed by atoms with Gasteiger partial charge in [0, 0.05) is 6.54 Å². The Labute approximate surface area is 117 Å². The van der Waals surface area contributed by atoms with Gasteiger partial charge in [-0.15, -0.1) is 0 Å². The first-order chi connectivity index (χ1) is 9.78. The number of fused-ring (bicyclic) bond motifs is 1. The molecular weight excluding hydrogens is 250 g/mol. The molecule has 102 valence electrons. The molecule has 3 N–H and O–H groups in total. The van der Waals surface area contributed by atoms with Crippen LogP contribution in [0.1, 0.15) is 17.2 Å². The molecule has 1 atom stereocenters. The Morgan fingerprint density at radius 2 is 2.05 bits per heavy atom. The number of aryl methyl sites for hydroxylation is 1. The van der Waals surface area contributed by atoms with Gasteiger partial charge < -0.3 is 11.1 Å². The molecule has 0 bridgehead atoms. The normalized spacial score (nSPS) is 12.5. The molecule has 1 unspecified atom stereocenters. The molecule has 3 aromatic rings. The van der Waals surface area contributed by atoms with E-state index in [2.05, 4.69) is 27.5 Å². The van der Waals surface area contributed by atoms with Gasteiger partial charge in [0.2, 0.25) is 0 Å². The molecule has 1 aromatic carbocycles. The number of rotatable bonds is 4. The molecule has 0 radical (unpaired) electrons. The highest BCUT2D eigenvalue weighted by Crippen LogP contribution is 2.20. The van der Waals surface area contributed by atoms with Crippen molar-refractivity contribution in [1.82, 2.24) is 14.6 Å². The van der Waals surface area contributed by atoms with Crippen LogP contribution in [0.15, 0.2) is 48.8 Å². The second-order valence-corrected chi connectivity index (χ2v) is 4.79. The minimum Gasteiger partial charge on any atom is -0.362 e. The van der Waals surface area contributed by atoms with Crippen LogP contribution in [0.4, 0.5) is 5.82 Å². The molecule has 5 heteroatoms. The molecule has 0 saturated heterocycles. The molecular formula is C15H17N5. The minimum atomic E-state index is 0.0467. The number of hydrogen-bond donors (Lipinski definition) is 2. The Morgan fingerprint density at radius 1 is 1.25 bits per heavy atom. The van der Waals surface area contributed by atoms with E-state index in [-0.39, 0.29) is 6.04 Å². The smallest absolute Gasteiger partial charge is 0.157 e. The number of hydrogen-bond acceptors (Lipinski definition) is 4. The van der Waals surface area contributed by atoms with E-state index in [9.17, 15) is 0 Å². The van der Waals surface area contributed by atoms with Crippen LogP contribution in [0.25, 0.3) is 5.65 Å². The molecule has 3 rings (SSSR count). The predicted octanol–water partition coefficient (Wildman–Crippen LogP) is 2.15. The van der Waals surface area contributed by atoms with Crippen molar-refractivity contribution in [3.8, 4) is 0 Å². The molecule has 0 fully saturated rings. The van der Waals surface area contributed by atoms with Crippen molar-refractivity contribution in [2.45, 2.75) is 13.0 Å². The quantitative estimate of drug-likeness (QED) is 0.760. The Hall–Kier alpha value is -2.40. The van der Waals surface area contributed by atoms with Gasteiger partial charge in [0.25, 0.3) is 0 Å². The van der Waals surface area contributed by atoms with E-state index >= 15 is 0 Å². The molecule has 0 saturated carbocycles. The maximum absolute atomic E-state index is 5.90. The third-order valence-corrected chi connectivity index (χ3v) is 3.28. The van der Waals surface area contributed by atoms with E-state index in [4.69, 9.17) is 5.73 Å². The van der Waals surface area contributed by atoms with Gasteiger partial charge in [0.05, 0.1) is 6.04 Å². The number of nitrogens with one attached hydrogen (secondary N) is 1. The summed E-state index contributed by atoms with van der Waals surface area (Å²) in [6.45, 7) is 2.55. The van der Waals surface area contributed by atoms with Crippen LogP contribution in [-0.4, -0.2) is 21.1 Å². The number of benzene rings is 1. The fraction of sp³-hybridized carbons (Fsp3) is 0.200. The average Bonchev–Trinajstić information content (AvgIpc) is 2.93. The summed E-state index contributed by atoms with van der Waals surface area (Å²) in [7, 11) is 0. The largest absolute Gasteiger partial charge is 0.362 e. The third-order valence-electron chi connectivity index (χ3n) is 3.28. The molecule has 2 heterocycles. The number of anilines is 1. The zero-order chi connectivity index (χ0) is 13.9. The van der Waals surface area contributed by atoms with Gasteiger partial charge in [-0.2, -0.15) is 9.61 Å². The van der Waals surface area contributed by atoms with Crippen molar-refractivity contribution >= 4 is 11.5 Å². The molecule has 2 aromatic heterocycles. The van der Waals surface area contributed by atoms with Gasteiger partial charge in [-0.1, -0.05) is 30.3 Å². The van der Waals surface area contributed by atoms with Gasteiger partial charge in [-0.3, -0.25) is 0 Å². The zero-order valence-corrected chi connectivity index (χ0v) is 11.3. The SMILES string of the molecule is Cc1cc(NC(CN)c2ccccc2)n2ncnc2c1. The fourth-order valence-corrected chi connectivity index (χ4v) is 2.30. The Balaban J connectivity index is 1.97. The second kappa shape index (κ2) is 5.30. The van der Waals surface area contributed by atoms with Crippen LogP contribution in [0.5, 0.6) is 0 Å². The summed E-state index contributed by atoms with van der Waals surface area (Å²) < 4.78 is 1.79. The summed E-state index contributed by atoms with van der Waals surface area (Å²) in [6, 6.07) is 14.3. The van der Waals surface area contributed by atoms with Crippen LogP contribution in [-0.2, 0) is 0 Å². The third kappa shape index (κ3) is 2.35. The maximum atomic E-state index is 5.90. The first-order valence-electron chi connectivity index (χ1n) is 6.60. The van der Waals surface area contributed by atoms with E-state index in [0.29, 0.717) is 6.54 Å². The van der Waals surface area contributed by atoms with E-state index in [1.807, 2.05) is 37.3 Å². The Morgan fingerprint density at radius 3 is 2.80 bits per heavy atom. The van der Waals surface area contributed by atoms with E-state index < -0.39 is 0 Å². The van der Waals surface area contributed by atoms with Crippen molar-refractivity contribution in [3.05, 3.63) is 59.9 Å². The van der Waals surface area contributed by atoms with Crippen LogP contribution in [0.2, 0.25) is 0 Å². The van der Waals surface area contributed by atoms with Crippen molar-refractivity contribution < 1.29 is 0 Å². The van der Waals surface area contributed by atoms with E-state index in [1.165, 1.54) is 0 Å². The summed E-state index contributed by atoms with van der Waals surface area (Å²) >= 11 is 0. The standard InChI is InChI=1S/C15H17N5/c1-11-7-14-17-10-18-20(14)15(8-11)19-13(9-16)12-5-3-2-4-6-12/h2-8,10,13,19H,9,16H2,1H3. The minimum absolute atomic E-state index is 0.0467. The molecule has 0 amide bonds. The lowest BCUT2D eigenvalue weighted by Gasteiger charge is -2.19. The predicted molar refractivity (Wildman–Crippen MR) is 79.6 cm³/mol. The van der Waals surface area contributed by atoms with E-state index in [1.54, 1.807) is 10.8 Å². The van der Waals surface area contributed by atoms with Gasteiger partial charge in [0.15, 0.2) is 5.65 Å². The summed E-state index contributed by atoms with van der Waals surface area (Å²) in [5, 5.41) is 7.69. The highest BCUT2D eigenvalue weighted by molar-refractivity contribution is 5.52. The number of aromatic nitrogens is 3. The van der Waals surface area contributed by atoms with Crippen molar-refractivity contribution in [3.63, 3.8) is 0 Å². The van der Waals surface area contributed by atoms with Gasteiger partial charge >= 0.3 is 0 Å². The van der Waals surface area contributed by atoms with Crippen LogP contribution >= 0.6 is 0 Å². The molecule has 0 aliphatic rings. The van der Waals surface area contributed by atoms with E-state index in [0.717, 1.165) is 22.6 Å². The molecule has 5 nitrogen and oxygen atoms in total. The van der Waals surface area contributed by atoms with Crippen molar-refractivity contribution in [2.75, 3.05) is 11.9 Å². The van der Waals surface area contributed by atoms with Crippen molar-refractivity contribution in [2.24, 2.45) is 5.73 Å². The number of nitrogens with zero attached hydrogens (tertiary/aromatic N) is 3. The summed E-state index contributed by atoms with van der Waals surface area (Å²) in [6.07, 6.45) is 1.56. The monoisotopic (exact) mass is 267 g/mol. The lowest BCUT2D eigenvalue weighted by molar-refractivity contribution is 0.772. The Bertz CT molecular complexity index is 705. The topological polar surface area (TPSA) is 68.2 Å². The van der Waals surface area contributed by atoms with Gasteiger partial charge in [-0.25, -0.2) is 4.98 Å². The second-order valence-electron chi connectivity index (χ2n) is 4.79. The summed E-state index contributed by atoms with van der Waals surface area (Å²) in [4.78, 5) is 4.23. The van der Waals surface area contributed by atoms with Crippen molar-refractivity contribution in [1.29, 1.82) is 0 Å². The first-order valence-corrected chi connectivity index (χ1v) is 6.60. The lowest BCUT2D eigenvalue weighted by Crippen LogP contribution is -2.22. The van der Waals surface area contributed by atoms with Crippen LogP contribution in [0.3, 0.4) is 0 Å². The van der Waals surface area contributed by atoms with Gasteiger partial charge in [0.1, 0.15) is 12.1 Å². The van der Waals surface area contributed by atoms with Gasteiger partial charge in [-0.05, 0) is 30.2 Å². The fourth-order valence-electron chi connectivity index (χ4n) is 2.30.